The molecule has 0 spiro atoms. The maximum atomic E-state index is 13.4. The standard InChI is InChI=1S/C17H25FN6/c1-3-9-24-17(19-20-21-24)13-22(2)15-7-10-23(11-8-15)16-6-4-5-14(18)12-16/h4-6,12,15H,3,7-11,13H2,1-2H3. The summed E-state index contributed by atoms with van der Waals surface area (Å²) in [5, 5.41) is 12.0. The number of rotatable bonds is 6. The Morgan fingerprint density at radius 1 is 1.29 bits per heavy atom. The fraction of sp³-hybridized carbons (Fsp3) is 0.588. The molecule has 2 heterocycles. The van der Waals surface area contributed by atoms with Gasteiger partial charge in [0.25, 0.3) is 0 Å². The fourth-order valence-electron chi connectivity index (χ4n) is 3.31. The third-order valence-corrected chi connectivity index (χ3v) is 4.69. The van der Waals surface area contributed by atoms with Gasteiger partial charge in [0.05, 0.1) is 6.54 Å². The van der Waals surface area contributed by atoms with Crippen LogP contribution in [0.5, 0.6) is 0 Å². The second-order valence-corrected chi connectivity index (χ2v) is 6.43. The van der Waals surface area contributed by atoms with Crippen LogP contribution < -0.4 is 4.90 Å². The molecule has 1 aliphatic rings. The maximum Gasteiger partial charge on any atom is 0.165 e. The third kappa shape index (κ3) is 3.90. The van der Waals surface area contributed by atoms with E-state index in [1.807, 2.05) is 10.7 Å². The van der Waals surface area contributed by atoms with Gasteiger partial charge in [-0.2, -0.15) is 0 Å². The molecule has 0 bridgehead atoms. The van der Waals surface area contributed by atoms with Gasteiger partial charge in [0.2, 0.25) is 0 Å². The Hall–Kier alpha value is -2.02. The molecule has 0 N–H and O–H groups in total. The first-order valence-corrected chi connectivity index (χ1v) is 8.63. The fourth-order valence-corrected chi connectivity index (χ4v) is 3.31. The van der Waals surface area contributed by atoms with E-state index < -0.39 is 0 Å². The van der Waals surface area contributed by atoms with E-state index in [9.17, 15) is 4.39 Å². The molecule has 24 heavy (non-hydrogen) atoms. The van der Waals surface area contributed by atoms with Crippen molar-refractivity contribution in [2.75, 3.05) is 25.0 Å². The predicted octanol–water partition coefficient (Wildman–Crippen LogP) is 2.32. The number of hydrogen-bond acceptors (Lipinski definition) is 5. The number of aryl methyl sites for hydroxylation is 1. The summed E-state index contributed by atoms with van der Waals surface area (Å²) in [5.41, 5.74) is 0.975. The van der Waals surface area contributed by atoms with Crippen molar-refractivity contribution in [3.05, 3.63) is 35.9 Å². The van der Waals surface area contributed by atoms with Crippen LogP contribution in [0.2, 0.25) is 0 Å². The highest BCUT2D eigenvalue weighted by molar-refractivity contribution is 5.46. The van der Waals surface area contributed by atoms with Crippen LogP contribution in [0.1, 0.15) is 32.0 Å². The van der Waals surface area contributed by atoms with Crippen molar-refractivity contribution < 1.29 is 4.39 Å². The number of piperidine rings is 1. The van der Waals surface area contributed by atoms with E-state index in [1.54, 1.807) is 12.1 Å². The van der Waals surface area contributed by atoms with Crippen LogP contribution in [0.15, 0.2) is 24.3 Å². The molecular formula is C17H25FN6. The summed E-state index contributed by atoms with van der Waals surface area (Å²) in [6, 6.07) is 7.36. The second-order valence-electron chi connectivity index (χ2n) is 6.43. The van der Waals surface area contributed by atoms with Crippen molar-refractivity contribution in [2.45, 2.75) is 45.3 Å². The Morgan fingerprint density at radius 2 is 2.08 bits per heavy atom. The predicted molar refractivity (Wildman–Crippen MR) is 91.2 cm³/mol. The van der Waals surface area contributed by atoms with Crippen LogP contribution in [0.4, 0.5) is 10.1 Å². The highest BCUT2D eigenvalue weighted by atomic mass is 19.1. The van der Waals surface area contributed by atoms with Crippen LogP contribution in [-0.2, 0) is 13.1 Å². The van der Waals surface area contributed by atoms with Crippen molar-refractivity contribution in [3.8, 4) is 0 Å². The Balaban J connectivity index is 1.55. The highest BCUT2D eigenvalue weighted by Crippen LogP contribution is 2.23. The SMILES string of the molecule is CCCn1nnnc1CN(C)C1CCN(c2cccc(F)c2)CC1. The Morgan fingerprint density at radius 3 is 2.79 bits per heavy atom. The smallest absolute Gasteiger partial charge is 0.165 e. The summed E-state index contributed by atoms with van der Waals surface area (Å²) in [5.74, 6) is 0.751. The van der Waals surface area contributed by atoms with Gasteiger partial charge in [-0.1, -0.05) is 13.0 Å². The third-order valence-electron chi connectivity index (χ3n) is 4.69. The molecule has 3 rings (SSSR count). The summed E-state index contributed by atoms with van der Waals surface area (Å²) in [6.07, 6.45) is 3.14. The number of tetrazole rings is 1. The lowest BCUT2D eigenvalue weighted by Gasteiger charge is -2.37. The van der Waals surface area contributed by atoms with E-state index >= 15 is 0 Å². The van der Waals surface area contributed by atoms with Crippen LogP contribution in [-0.4, -0.2) is 51.3 Å². The summed E-state index contributed by atoms with van der Waals surface area (Å²) in [7, 11) is 2.13. The molecule has 1 saturated heterocycles. The van der Waals surface area contributed by atoms with E-state index in [2.05, 4.69) is 39.3 Å². The van der Waals surface area contributed by atoms with Gasteiger partial charge in [-0.25, -0.2) is 9.07 Å². The number of anilines is 1. The molecule has 0 amide bonds. The molecule has 1 fully saturated rings. The molecule has 0 aliphatic carbocycles. The average molecular weight is 332 g/mol. The van der Waals surface area contributed by atoms with E-state index in [0.29, 0.717) is 6.04 Å². The summed E-state index contributed by atoms with van der Waals surface area (Å²) in [6.45, 7) is 5.62. The number of aromatic nitrogens is 4. The van der Waals surface area contributed by atoms with Gasteiger partial charge in [0.1, 0.15) is 5.82 Å². The Bertz CT molecular complexity index is 650. The van der Waals surface area contributed by atoms with Crippen molar-refractivity contribution in [1.29, 1.82) is 0 Å². The van der Waals surface area contributed by atoms with Gasteiger partial charge in [-0.15, -0.1) is 5.10 Å². The highest BCUT2D eigenvalue weighted by Gasteiger charge is 2.24. The second kappa shape index (κ2) is 7.70. The molecule has 1 aromatic carbocycles. The van der Waals surface area contributed by atoms with Gasteiger partial charge < -0.3 is 4.90 Å². The zero-order chi connectivity index (χ0) is 16.9. The van der Waals surface area contributed by atoms with E-state index in [1.165, 1.54) is 6.07 Å². The monoisotopic (exact) mass is 332 g/mol. The average Bonchev–Trinajstić information content (AvgIpc) is 3.02. The molecule has 0 radical (unpaired) electrons. The van der Waals surface area contributed by atoms with E-state index in [0.717, 1.165) is 57.0 Å². The Labute approximate surface area is 142 Å². The molecule has 6 nitrogen and oxygen atoms in total. The molecule has 1 aromatic heterocycles. The van der Waals surface area contributed by atoms with Crippen molar-refractivity contribution in [1.82, 2.24) is 25.1 Å². The van der Waals surface area contributed by atoms with Crippen LogP contribution in [0.25, 0.3) is 0 Å². The van der Waals surface area contributed by atoms with Crippen LogP contribution >= 0.6 is 0 Å². The lowest BCUT2D eigenvalue weighted by atomic mass is 10.0. The van der Waals surface area contributed by atoms with Crippen molar-refractivity contribution in [2.24, 2.45) is 0 Å². The molecular weight excluding hydrogens is 307 g/mol. The molecule has 130 valence electrons. The van der Waals surface area contributed by atoms with Gasteiger partial charge >= 0.3 is 0 Å². The molecule has 2 aromatic rings. The van der Waals surface area contributed by atoms with Gasteiger partial charge in [0.15, 0.2) is 5.82 Å². The summed E-state index contributed by atoms with van der Waals surface area (Å²) < 4.78 is 15.3. The number of nitrogens with zero attached hydrogens (tertiary/aromatic N) is 6. The molecule has 0 saturated carbocycles. The largest absolute Gasteiger partial charge is 0.371 e. The quantitative estimate of drug-likeness (QED) is 0.812. The normalized spacial score (nSPS) is 16.1. The summed E-state index contributed by atoms with van der Waals surface area (Å²) in [4.78, 5) is 4.59. The van der Waals surface area contributed by atoms with Crippen LogP contribution in [0, 0.1) is 5.82 Å². The lowest BCUT2D eigenvalue weighted by Crippen LogP contribution is -2.43. The number of hydrogen-bond donors (Lipinski definition) is 0. The zero-order valence-corrected chi connectivity index (χ0v) is 14.4. The number of benzene rings is 1. The Kier molecular flexibility index (Phi) is 5.40. The van der Waals surface area contributed by atoms with Gasteiger partial charge in [0, 0.05) is 31.4 Å². The molecule has 0 unspecified atom stereocenters. The van der Waals surface area contributed by atoms with Crippen molar-refractivity contribution >= 4 is 5.69 Å². The lowest BCUT2D eigenvalue weighted by molar-refractivity contribution is 0.192. The van der Waals surface area contributed by atoms with Gasteiger partial charge in [-0.05, 0) is 54.9 Å². The minimum atomic E-state index is -0.172. The number of halogens is 1. The van der Waals surface area contributed by atoms with E-state index in [4.69, 9.17) is 0 Å². The van der Waals surface area contributed by atoms with Gasteiger partial charge in [-0.3, -0.25) is 4.90 Å². The van der Waals surface area contributed by atoms with E-state index in [-0.39, 0.29) is 5.82 Å². The maximum absolute atomic E-state index is 13.4. The molecule has 7 heteroatoms. The topological polar surface area (TPSA) is 50.1 Å². The van der Waals surface area contributed by atoms with Crippen LogP contribution in [0.3, 0.4) is 0 Å². The first kappa shape index (κ1) is 16.8. The van der Waals surface area contributed by atoms with Crippen molar-refractivity contribution in [3.63, 3.8) is 0 Å². The summed E-state index contributed by atoms with van der Waals surface area (Å²) >= 11 is 0. The first-order chi connectivity index (χ1) is 11.7. The molecule has 0 atom stereocenters. The minimum Gasteiger partial charge on any atom is -0.371 e. The zero-order valence-electron chi connectivity index (χ0n) is 14.4. The minimum absolute atomic E-state index is 0.172. The first-order valence-electron chi connectivity index (χ1n) is 8.63. The molecule has 1 aliphatic heterocycles.